The predicted octanol–water partition coefficient (Wildman–Crippen LogP) is 2.39. The minimum absolute atomic E-state index is 0.0219. The van der Waals surface area contributed by atoms with Crippen LogP contribution in [-0.4, -0.2) is 42.6 Å². The van der Waals surface area contributed by atoms with Crippen LogP contribution in [0.3, 0.4) is 0 Å². The summed E-state index contributed by atoms with van der Waals surface area (Å²) >= 11 is 6.31. The Balaban J connectivity index is 1.57. The molecule has 1 fully saturated rings. The first-order valence-corrected chi connectivity index (χ1v) is 9.62. The normalized spacial score (nSPS) is 17.9. The molecule has 3 heterocycles. The lowest BCUT2D eigenvalue weighted by atomic mass is 10.0. The smallest absolute Gasteiger partial charge is 0.231 e. The van der Waals surface area contributed by atoms with E-state index >= 15 is 0 Å². The lowest BCUT2D eigenvalue weighted by molar-refractivity contribution is -0.118. The van der Waals surface area contributed by atoms with E-state index in [2.05, 4.69) is 25.5 Å². The summed E-state index contributed by atoms with van der Waals surface area (Å²) in [4.78, 5) is 31.8. The van der Waals surface area contributed by atoms with Crippen molar-refractivity contribution >= 4 is 45.8 Å². The summed E-state index contributed by atoms with van der Waals surface area (Å²) in [6.07, 6.45) is 4.73. The molecule has 158 valence electrons. The number of carbonyl (C=O) groups excluding carboxylic acids is 2. The summed E-state index contributed by atoms with van der Waals surface area (Å²) < 4.78 is 29.6. The molecule has 3 aromatic heterocycles. The summed E-state index contributed by atoms with van der Waals surface area (Å²) in [5, 5.41) is 9.42. The van der Waals surface area contributed by atoms with E-state index in [1.807, 2.05) is 0 Å². The van der Waals surface area contributed by atoms with E-state index in [0.717, 1.165) is 0 Å². The van der Waals surface area contributed by atoms with Crippen molar-refractivity contribution in [2.24, 2.45) is 11.7 Å². The second kappa shape index (κ2) is 6.98. The maximum atomic E-state index is 15.0. The van der Waals surface area contributed by atoms with Crippen LogP contribution < -0.4 is 11.1 Å². The number of nitrogens with one attached hydrogen (secondary N) is 2. The maximum Gasteiger partial charge on any atom is 0.231 e. The Morgan fingerprint density at radius 1 is 1.35 bits per heavy atom. The summed E-state index contributed by atoms with van der Waals surface area (Å²) in [7, 11) is 0. The fraction of sp³-hybridized carbons (Fsp3) is 0.211. The van der Waals surface area contributed by atoms with E-state index < -0.39 is 29.7 Å². The number of hydrogen-bond donors (Lipinski definition) is 3. The molecule has 5 rings (SSSR count). The number of aromatic nitrogens is 5. The molecule has 0 radical (unpaired) electrons. The number of hydrogen-bond acceptors (Lipinski definition) is 5. The van der Waals surface area contributed by atoms with Gasteiger partial charge in [0, 0.05) is 22.7 Å². The number of nitrogens with two attached hydrogens (primary N) is 1. The van der Waals surface area contributed by atoms with Crippen molar-refractivity contribution in [2.45, 2.75) is 19.0 Å². The van der Waals surface area contributed by atoms with Gasteiger partial charge in [0.05, 0.1) is 47.2 Å². The topological polar surface area (TPSA) is 131 Å². The molecule has 9 nitrogen and oxygen atoms in total. The molecule has 0 aliphatic heterocycles. The molecule has 31 heavy (non-hydrogen) atoms. The minimum atomic E-state index is -1.11. The highest BCUT2D eigenvalue weighted by Crippen LogP contribution is 2.38. The zero-order chi connectivity index (χ0) is 21.9. The Morgan fingerprint density at radius 3 is 2.84 bits per heavy atom. The van der Waals surface area contributed by atoms with Gasteiger partial charge in [-0.1, -0.05) is 11.6 Å². The molecule has 4 aromatic rings. The van der Waals surface area contributed by atoms with Crippen LogP contribution in [0.25, 0.3) is 27.8 Å². The third-order valence-electron chi connectivity index (χ3n) is 5.14. The van der Waals surface area contributed by atoms with Gasteiger partial charge in [-0.3, -0.25) is 19.7 Å². The number of halogens is 3. The number of fused-ring (bicyclic) bond motifs is 2. The quantitative estimate of drug-likeness (QED) is 0.434. The number of amides is 2. The first-order chi connectivity index (χ1) is 14.8. The van der Waals surface area contributed by atoms with Gasteiger partial charge in [0.25, 0.3) is 0 Å². The Kier molecular flexibility index (Phi) is 4.36. The van der Waals surface area contributed by atoms with Gasteiger partial charge in [-0.15, -0.1) is 0 Å². The number of primary amides is 1. The van der Waals surface area contributed by atoms with E-state index in [1.165, 1.54) is 18.6 Å². The summed E-state index contributed by atoms with van der Waals surface area (Å²) in [6.45, 7) is 0. The molecule has 1 aliphatic rings. The molecule has 2 atom stereocenters. The number of alkyl halides is 1. The highest BCUT2D eigenvalue weighted by molar-refractivity contribution is 6.35. The maximum absolute atomic E-state index is 15.0. The predicted molar refractivity (Wildman–Crippen MR) is 108 cm³/mol. The molecular weight excluding hydrogens is 432 g/mol. The zero-order valence-electron chi connectivity index (χ0n) is 15.7. The van der Waals surface area contributed by atoms with Crippen LogP contribution in [0.15, 0.2) is 24.8 Å². The van der Waals surface area contributed by atoms with E-state index in [4.69, 9.17) is 17.3 Å². The average Bonchev–Trinajstić information content (AvgIpc) is 3.11. The van der Waals surface area contributed by atoms with Gasteiger partial charge in [-0.2, -0.15) is 5.10 Å². The highest BCUT2D eigenvalue weighted by Gasteiger charge is 2.43. The number of rotatable bonds is 5. The number of imidazole rings is 1. The van der Waals surface area contributed by atoms with Gasteiger partial charge in [0.15, 0.2) is 11.5 Å². The molecule has 0 bridgehead atoms. The van der Waals surface area contributed by atoms with Gasteiger partial charge in [0.2, 0.25) is 11.8 Å². The first kappa shape index (κ1) is 19.4. The molecule has 0 unspecified atom stereocenters. The summed E-state index contributed by atoms with van der Waals surface area (Å²) in [5.41, 5.74) is 6.54. The Bertz CT molecular complexity index is 1380. The van der Waals surface area contributed by atoms with Crippen LogP contribution in [0.2, 0.25) is 5.02 Å². The molecule has 2 amide bonds. The van der Waals surface area contributed by atoms with Crippen molar-refractivity contribution in [3.63, 3.8) is 0 Å². The van der Waals surface area contributed by atoms with Crippen LogP contribution in [0, 0.1) is 11.7 Å². The van der Waals surface area contributed by atoms with E-state index in [0.29, 0.717) is 22.2 Å². The van der Waals surface area contributed by atoms with Gasteiger partial charge >= 0.3 is 0 Å². The lowest BCUT2D eigenvalue weighted by Crippen LogP contribution is -2.15. The zero-order valence-corrected chi connectivity index (χ0v) is 16.5. The molecule has 1 aromatic carbocycles. The summed E-state index contributed by atoms with van der Waals surface area (Å²) in [6, 6.07) is 0. The number of carbonyl (C=O) groups is 2. The second-order valence-electron chi connectivity index (χ2n) is 7.29. The number of benzene rings is 1. The SMILES string of the molecule is NC(=O)Cc1c(F)c(Cl)c(-c2cn3cc(NC(=O)[C@@H]4C[C@@H]4F)nc3cn2)c2cn[nH]c12. The molecule has 0 spiro atoms. The van der Waals surface area contributed by atoms with Gasteiger partial charge in [-0.25, -0.2) is 13.8 Å². The number of aromatic amines is 1. The molecule has 0 saturated heterocycles. The standard InChI is InChI=1S/C19H14ClF2N7O2/c20-16-15(9-3-25-28-18(9)8(17(16)22)2-12(23)30)11-5-29-6-13(26-14(29)4-24-11)27-19(31)7-1-10(7)21/h3-7,10H,1-2H2,(H2,23,30)(H,25,28)(H,27,31)/t7-,10+/m1/s1. The van der Waals surface area contributed by atoms with Crippen LogP contribution in [0.4, 0.5) is 14.6 Å². The van der Waals surface area contributed by atoms with Crippen LogP contribution in [0.5, 0.6) is 0 Å². The van der Waals surface area contributed by atoms with Gasteiger partial charge < -0.3 is 15.5 Å². The van der Waals surface area contributed by atoms with Crippen molar-refractivity contribution < 1.29 is 18.4 Å². The second-order valence-corrected chi connectivity index (χ2v) is 7.67. The van der Waals surface area contributed by atoms with Crippen LogP contribution in [0.1, 0.15) is 12.0 Å². The van der Waals surface area contributed by atoms with Crippen molar-refractivity contribution in [3.8, 4) is 11.3 Å². The Hall–Kier alpha value is -3.60. The van der Waals surface area contributed by atoms with E-state index in [9.17, 15) is 18.4 Å². The van der Waals surface area contributed by atoms with E-state index in [1.54, 1.807) is 10.6 Å². The minimum Gasteiger partial charge on any atom is -0.369 e. The third kappa shape index (κ3) is 3.26. The first-order valence-electron chi connectivity index (χ1n) is 9.24. The fourth-order valence-corrected chi connectivity index (χ4v) is 3.82. The van der Waals surface area contributed by atoms with Crippen molar-refractivity contribution in [3.05, 3.63) is 41.2 Å². The third-order valence-corrected chi connectivity index (χ3v) is 5.49. The number of H-pyrrole nitrogens is 1. The van der Waals surface area contributed by atoms with Crippen molar-refractivity contribution in [1.82, 2.24) is 24.6 Å². The highest BCUT2D eigenvalue weighted by atomic mass is 35.5. The molecule has 1 saturated carbocycles. The molecule has 12 heteroatoms. The van der Waals surface area contributed by atoms with Crippen LogP contribution in [-0.2, 0) is 16.0 Å². The Morgan fingerprint density at radius 2 is 2.13 bits per heavy atom. The monoisotopic (exact) mass is 445 g/mol. The largest absolute Gasteiger partial charge is 0.369 e. The molecule has 4 N–H and O–H groups in total. The number of nitrogens with zero attached hydrogens (tertiary/aromatic N) is 4. The van der Waals surface area contributed by atoms with Crippen LogP contribution >= 0.6 is 11.6 Å². The average molecular weight is 446 g/mol. The van der Waals surface area contributed by atoms with Crippen molar-refractivity contribution in [2.75, 3.05) is 5.32 Å². The van der Waals surface area contributed by atoms with Crippen molar-refractivity contribution in [1.29, 1.82) is 0 Å². The van der Waals surface area contributed by atoms with Gasteiger partial charge in [0.1, 0.15) is 12.0 Å². The summed E-state index contributed by atoms with van der Waals surface area (Å²) in [5.74, 6) is -2.34. The van der Waals surface area contributed by atoms with Gasteiger partial charge in [-0.05, 0) is 6.42 Å². The Labute approximate surface area is 177 Å². The van der Waals surface area contributed by atoms with E-state index in [-0.39, 0.29) is 34.8 Å². The molecule has 1 aliphatic carbocycles. The molecular formula is C19H14ClF2N7O2. The fourth-order valence-electron chi connectivity index (χ4n) is 3.51. The number of anilines is 1. The lowest BCUT2D eigenvalue weighted by Gasteiger charge is -2.11.